The Morgan fingerprint density at radius 1 is 0.679 bits per heavy atom. The summed E-state index contributed by atoms with van der Waals surface area (Å²) in [6.07, 6.45) is 0. The molecule has 2 aromatic rings. The van der Waals surface area contributed by atoms with Crippen molar-refractivity contribution in [3.63, 3.8) is 0 Å². The van der Waals surface area contributed by atoms with Gasteiger partial charge in [0.1, 0.15) is 23.0 Å². The third-order valence-electron chi connectivity index (χ3n) is 4.07. The molecule has 0 atom stereocenters. The maximum atomic E-state index is 12.1. The van der Waals surface area contributed by atoms with Crippen LogP contribution in [-0.2, 0) is 22.7 Å². The molecule has 28 heavy (non-hydrogen) atoms. The van der Waals surface area contributed by atoms with Crippen molar-refractivity contribution in [1.29, 1.82) is 0 Å². The van der Waals surface area contributed by atoms with E-state index in [4.69, 9.17) is 18.9 Å². The smallest absolute Gasteiger partial charge is 0.309 e. The molecule has 0 unspecified atom stereocenters. The number of rotatable bonds is 8. The fraction of sp³-hybridized carbons (Fsp3) is 0.300. The van der Waals surface area contributed by atoms with Crippen molar-refractivity contribution in [2.75, 3.05) is 28.4 Å². The van der Waals surface area contributed by atoms with Crippen LogP contribution in [0.1, 0.15) is 11.1 Å². The van der Waals surface area contributed by atoms with Crippen LogP contribution in [0.4, 0.5) is 0 Å². The maximum absolute atomic E-state index is 12.1. The van der Waals surface area contributed by atoms with E-state index in [1.807, 2.05) is 0 Å². The number of hydrogen-bond acceptors (Lipinski definition) is 6. The van der Waals surface area contributed by atoms with Gasteiger partial charge in [-0.15, -0.1) is 0 Å². The van der Waals surface area contributed by atoms with E-state index in [0.29, 0.717) is 23.0 Å². The SMILES string of the molecule is COc1ccc(CNC(=O)C(=O)NCc2ccc(OC)cc2OC)c(OC)c1. The van der Waals surface area contributed by atoms with Crippen LogP contribution in [0, 0.1) is 0 Å². The molecule has 0 aromatic heterocycles. The van der Waals surface area contributed by atoms with Crippen LogP contribution in [0.15, 0.2) is 36.4 Å². The number of amides is 2. The lowest BCUT2D eigenvalue weighted by Gasteiger charge is -2.12. The third kappa shape index (κ3) is 5.29. The summed E-state index contributed by atoms with van der Waals surface area (Å²) in [6.45, 7) is 0.288. The van der Waals surface area contributed by atoms with Crippen LogP contribution < -0.4 is 29.6 Å². The highest BCUT2D eigenvalue weighted by atomic mass is 16.5. The van der Waals surface area contributed by atoms with Crippen molar-refractivity contribution in [3.8, 4) is 23.0 Å². The van der Waals surface area contributed by atoms with Crippen LogP contribution in [0.5, 0.6) is 23.0 Å². The number of ether oxygens (including phenoxy) is 4. The average Bonchev–Trinajstić information content (AvgIpc) is 2.75. The normalized spacial score (nSPS) is 10.0. The quantitative estimate of drug-likeness (QED) is 0.668. The van der Waals surface area contributed by atoms with Crippen molar-refractivity contribution >= 4 is 11.8 Å². The van der Waals surface area contributed by atoms with E-state index in [-0.39, 0.29) is 13.1 Å². The Balaban J connectivity index is 1.92. The van der Waals surface area contributed by atoms with Crippen LogP contribution in [0.3, 0.4) is 0 Å². The molecule has 0 spiro atoms. The number of benzene rings is 2. The van der Waals surface area contributed by atoms with Gasteiger partial charge in [0.05, 0.1) is 28.4 Å². The van der Waals surface area contributed by atoms with Crippen molar-refractivity contribution in [3.05, 3.63) is 47.5 Å². The Hall–Kier alpha value is -3.42. The van der Waals surface area contributed by atoms with Gasteiger partial charge in [0, 0.05) is 36.3 Å². The molecular weight excluding hydrogens is 364 g/mol. The number of nitrogens with one attached hydrogen (secondary N) is 2. The average molecular weight is 388 g/mol. The van der Waals surface area contributed by atoms with Gasteiger partial charge >= 0.3 is 11.8 Å². The van der Waals surface area contributed by atoms with Gasteiger partial charge in [-0.2, -0.15) is 0 Å². The summed E-state index contributed by atoms with van der Waals surface area (Å²) < 4.78 is 20.8. The number of hydrogen-bond donors (Lipinski definition) is 2. The van der Waals surface area contributed by atoms with E-state index >= 15 is 0 Å². The van der Waals surface area contributed by atoms with Crippen LogP contribution in [-0.4, -0.2) is 40.3 Å². The molecule has 2 N–H and O–H groups in total. The molecule has 0 fully saturated rings. The van der Waals surface area contributed by atoms with Crippen molar-refractivity contribution in [2.45, 2.75) is 13.1 Å². The summed E-state index contributed by atoms with van der Waals surface area (Å²) in [5, 5.41) is 5.14. The van der Waals surface area contributed by atoms with Crippen LogP contribution in [0.25, 0.3) is 0 Å². The molecular formula is C20H24N2O6. The minimum atomic E-state index is -0.745. The van der Waals surface area contributed by atoms with E-state index in [2.05, 4.69) is 10.6 Å². The predicted molar refractivity (Wildman–Crippen MR) is 103 cm³/mol. The summed E-state index contributed by atoms with van der Waals surface area (Å²) in [4.78, 5) is 24.2. The Bertz CT molecular complexity index is 768. The lowest BCUT2D eigenvalue weighted by atomic mass is 10.2. The molecule has 0 bridgehead atoms. The summed E-state index contributed by atoms with van der Waals surface area (Å²) in [7, 11) is 6.15. The summed E-state index contributed by atoms with van der Waals surface area (Å²) >= 11 is 0. The minimum absolute atomic E-state index is 0.144. The second-order valence-electron chi connectivity index (χ2n) is 5.72. The zero-order valence-corrected chi connectivity index (χ0v) is 16.3. The minimum Gasteiger partial charge on any atom is -0.497 e. The second-order valence-corrected chi connectivity index (χ2v) is 5.72. The first-order valence-corrected chi connectivity index (χ1v) is 8.50. The van der Waals surface area contributed by atoms with E-state index in [0.717, 1.165) is 11.1 Å². The largest absolute Gasteiger partial charge is 0.497 e. The lowest BCUT2D eigenvalue weighted by Crippen LogP contribution is -2.39. The zero-order valence-electron chi connectivity index (χ0n) is 16.3. The highest BCUT2D eigenvalue weighted by Crippen LogP contribution is 2.25. The topological polar surface area (TPSA) is 95.1 Å². The molecule has 8 nitrogen and oxygen atoms in total. The number of carbonyl (C=O) groups is 2. The van der Waals surface area contributed by atoms with Gasteiger partial charge in [-0.3, -0.25) is 9.59 Å². The van der Waals surface area contributed by atoms with Gasteiger partial charge < -0.3 is 29.6 Å². The highest BCUT2D eigenvalue weighted by molar-refractivity contribution is 6.35. The Kier molecular flexibility index (Phi) is 7.50. The molecule has 2 rings (SSSR count). The summed E-state index contributed by atoms with van der Waals surface area (Å²) in [6, 6.07) is 10.4. The van der Waals surface area contributed by atoms with Gasteiger partial charge in [0.15, 0.2) is 0 Å². The number of carbonyl (C=O) groups excluding carboxylic acids is 2. The van der Waals surface area contributed by atoms with Gasteiger partial charge in [-0.25, -0.2) is 0 Å². The Labute approximate surface area is 163 Å². The maximum Gasteiger partial charge on any atom is 0.309 e. The van der Waals surface area contributed by atoms with Crippen molar-refractivity contribution in [1.82, 2.24) is 10.6 Å². The first-order valence-electron chi connectivity index (χ1n) is 8.50. The van der Waals surface area contributed by atoms with Crippen molar-refractivity contribution < 1.29 is 28.5 Å². The fourth-order valence-electron chi connectivity index (χ4n) is 2.51. The second kappa shape index (κ2) is 10.1. The van der Waals surface area contributed by atoms with E-state index < -0.39 is 11.8 Å². The Morgan fingerprint density at radius 3 is 1.39 bits per heavy atom. The van der Waals surface area contributed by atoms with E-state index in [9.17, 15) is 9.59 Å². The van der Waals surface area contributed by atoms with Gasteiger partial charge in [0.25, 0.3) is 0 Å². The monoisotopic (exact) mass is 388 g/mol. The standard InChI is InChI=1S/C20H24N2O6/c1-25-15-7-5-13(17(9-15)27-3)11-21-19(23)20(24)22-12-14-6-8-16(26-2)10-18(14)28-4/h5-10H,11-12H2,1-4H3,(H,21,23)(H,22,24). The van der Waals surface area contributed by atoms with Crippen molar-refractivity contribution in [2.24, 2.45) is 0 Å². The molecule has 0 saturated carbocycles. The van der Waals surface area contributed by atoms with E-state index in [1.54, 1.807) is 50.6 Å². The molecule has 2 aromatic carbocycles. The van der Waals surface area contributed by atoms with Gasteiger partial charge in [-0.1, -0.05) is 0 Å². The Morgan fingerprint density at radius 2 is 1.07 bits per heavy atom. The third-order valence-corrected chi connectivity index (χ3v) is 4.07. The predicted octanol–water partition coefficient (Wildman–Crippen LogP) is 1.65. The molecule has 0 aliphatic carbocycles. The van der Waals surface area contributed by atoms with Gasteiger partial charge in [-0.05, 0) is 24.3 Å². The van der Waals surface area contributed by atoms with Crippen LogP contribution >= 0.6 is 0 Å². The lowest BCUT2D eigenvalue weighted by molar-refractivity contribution is -0.139. The molecule has 0 radical (unpaired) electrons. The summed E-state index contributed by atoms with van der Waals surface area (Å²) in [5.41, 5.74) is 1.45. The molecule has 150 valence electrons. The first kappa shape index (κ1) is 20.9. The first-order chi connectivity index (χ1) is 13.5. The van der Waals surface area contributed by atoms with Gasteiger partial charge in [0.2, 0.25) is 0 Å². The van der Waals surface area contributed by atoms with Crippen LogP contribution in [0.2, 0.25) is 0 Å². The van der Waals surface area contributed by atoms with E-state index in [1.165, 1.54) is 14.2 Å². The molecule has 0 saturated heterocycles. The molecule has 0 aliphatic rings. The zero-order chi connectivity index (χ0) is 20.5. The molecule has 0 aliphatic heterocycles. The fourth-order valence-corrected chi connectivity index (χ4v) is 2.51. The number of methoxy groups -OCH3 is 4. The highest BCUT2D eigenvalue weighted by Gasteiger charge is 2.15. The summed E-state index contributed by atoms with van der Waals surface area (Å²) in [5.74, 6) is 0.901. The molecule has 2 amide bonds. The molecule has 0 heterocycles. The molecule has 8 heteroatoms.